The Kier molecular flexibility index (Phi) is 4.98. The molecule has 3 aromatic rings. The molecule has 3 rings (SSSR count). The Morgan fingerprint density at radius 3 is 2.58 bits per heavy atom. The number of aromatic nitrogens is 1. The summed E-state index contributed by atoms with van der Waals surface area (Å²) in [4.78, 5) is 28.0. The summed E-state index contributed by atoms with van der Waals surface area (Å²) in [6, 6.07) is 16.0. The van der Waals surface area contributed by atoms with E-state index in [1.54, 1.807) is 24.3 Å². The van der Waals surface area contributed by atoms with Crippen LogP contribution in [0.5, 0.6) is 0 Å². The Bertz CT molecular complexity index is 980. The zero-order chi connectivity index (χ0) is 18.7. The van der Waals surface area contributed by atoms with E-state index in [1.165, 1.54) is 6.07 Å². The summed E-state index contributed by atoms with van der Waals surface area (Å²) in [7, 11) is 0. The summed E-state index contributed by atoms with van der Waals surface area (Å²) in [5.74, 6) is -0.843. The van der Waals surface area contributed by atoms with Gasteiger partial charge >= 0.3 is 5.97 Å². The molecular weight excluding hydrogens is 328 g/mol. The van der Waals surface area contributed by atoms with E-state index in [2.05, 4.69) is 24.1 Å². The van der Waals surface area contributed by atoms with Crippen molar-refractivity contribution >= 4 is 28.5 Å². The second-order valence-electron chi connectivity index (χ2n) is 6.63. The van der Waals surface area contributed by atoms with Gasteiger partial charge in [-0.2, -0.15) is 0 Å². The topological polar surface area (TPSA) is 79.3 Å². The molecule has 0 saturated heterocycles. The van der Waals surface area contributed by atoms with E-state index in [4.69, 9.17) is 5.11 Å². The van der Waals surface area contributed by atoms with Crippen LogP contribution >= 0.6 is 0 Å². The average molecular weight is 348 g/mol. The van der Waals surface area contributed by atoms with E-state index in [9.17, 15) is 9.59 Å². The second kappa shape index (κ2) is 7.35. The van der Waals surface area contributed by atoms with E-state index in [0.29, 0.717) is 22.7 Å². The van der Waals surface area contributed by atoms with Gasteiger partial charge in [0.15, 0.2) is 0 Å². The first-order valence-electron chi connectivity index (χ1n) is 8.47. The predicted octanol–water partition coefficient (Wildman–Crippen LogP) is 4.38. The van der Waals surface area contributed by atoms with Gasteiger partial charge in [0.1, 0.15) is 5.69 Å². The number of hydrogen-bond donors (Lipinski definition) is 2. The minimum absolute atomic E-state index is 0.0573. The highest BCUT2D eigenvalue weighted by atomic mass is 16.4. The van der Waals surface area contributed by atoms with Crippen molar-refractivity contribution in [2.75, 3.05) is 5.32 Å². The van der Waals surface area contributed by atoms with Gasteiger partial charge in [-0.3, -0.25) is 4.79 Å². The van der Waals surface area contributed by atoms with Gasteiger partial charge in [-0.15, -0.1) is 0 Å². The van der Waals surface area contributed by atoms with Gasteiger partial charge in [0.05, 0.1) is 11.2 Å². The highest BCUT2D eigenvalue weighted by Gasteiger charge is 2.12. The lowest BCUT2D eigenvalue weighted by Crippen LogP contribution is -2.13. The molecule has 0 spiro atoms. The summed E-state index contributed by atoms with van der Waals surface area (Å²) in [6.45, 7) is 4.27. The molecule has 1 heterocycles. The van der Waals surface area contributed by atoms with Crippen LogP contribution in [-0.2, 0) is 6.42 Å². The number of benzene rings is 2. The van der Waals surface area contributed by atoms with Gasteiger partial charge < -0.3 is 10.4 Å². The number of aromatic carboxylic acids is 1. The van der Waals surface area contributed by atoms with Crippen molar-refractivity contribution in [3.63, 3.8) is 0 Å². The summed E-state index contributed by atoms with van der Waals surface area (Å²) >= 11 is 0. The molecule has 5 nitrogen and oxygen atoms in total. The summed E-state index contributed by atoms with van der Waals surface area (Å²) in [5, 5.41) is 12.8. The zero-order valence-electron chi connectivity index (χ0n) is 14.7. The maximum Gasteiger partial charge on any atom is 0.354 e. The number of carbonyl (C=O) groups excluding carboxylic acids is 1. The molecule has 0 unspecified atom stereocenters. The number of amides is 1. The zero-order valence-corrected chi connectivity index (χ0v) is 14.7. The van der Waals surface area contributed by atoms with Crippen LogP contribution in [0.4, 0.5) is 5.69 Å². The van der Waals surface area contributed by atoms with Gasteiger partial charge in [-0.05, 0) is 42.2 Å². The molecule has 0 radical (unpaired) electrons. The molecule has 0 saturated carbocycles. The number of anilines is 1. The lowest BCUT2D eigenvalue weighted by Gasteiger charge is -2.10. The number of rotatable bonds is 5. The highest BCUT2D eigenvalue weighted by molar-refractivity contribution is 6.08. The monoisotopic (exact) mass is 348 g/mol. The van der Waals surface area contributed by atoms with Crippen molar-refractivity contribution in [2.24, 2.45) is 5.92 Å². The summed E-state index contributed by atoms with van der Waals surface area (Å²) < 4.78 is 0. The number of nitrogens with zero attached hydrogens (tertiary/aromatic N) is 1. The van der Waals surface area contributed by atoms with E-state index in [-0.39, 0.29) is 11.6 Å². The second-order valence-corrected chi connectivity index (χ2v) is 6.63. The predicted molar refractivity (Wildman–Crippen MR) is 102 cm³/mol. The van der Waals surface area contributed by atoms with Gasteiger partial charge in [0.25, 0.3) is 5.91 Å². The van der Waals surface area contributed by atoms with Crippen molar-refractivity contribution in [1.29, 1.82) is 0 Å². The van der Waals surface area contributed by atoms with Crippen molar-refractivity contribution < 1.29 is 14.7 Å². The Morgan fingerprint density at radius 2 is 1.85 bits per heavy atom. The highest BCUT2D eigenvalue weighted by Crippen LogP contribution is 2.23. The average Bonchev–Trinajstić information content (AvgIpc) is 2.61. The Hall–Kier alpha value is -3.21. The number of carboxylic acid groups (broad SMARTS) is 1. The third kappa shape index (κ3) is 3.88. The van der Waals surface area contributed by atoms with Gasteiger partial charge in [0.2, 0.25) is 0 Å². The van der Waals surface area contributed by atoms with Gasteiger partial charge in [-0.1, -0.05) is 44.2 Å². The number of para-hydroxylation sites is 1. The van der Waals surface area contributed by atoms with Crippen molar-refractivity contribution in [1.82, 2.24) is 4.98 Å². The van der Waals surface area contributed by atoms with Gasteiger partial charge in [0, 0.05) is 10.9 Å². The lowest BCUT2D eigenvalue weighted by molar-refractivity contribution is 0.0691. The molecule has 0 aliphatic carbocycles. The van der Waals surface area contributed by atoms with Crippen molar-refractivity contribution in [2.45, 2.75) is 20.3 Å². The Labute approximate surface area is 151 Å². The van der Waals surface area contributed by atoms with Crippen LogP contribution in [-0.4, -0.2) is 22.0 Å². The standard InChI is InChI=1S/C21H20N2O3/c1-13(2)11-14-5-3-7-16(12-14)20(24)23-17-8-4-6-15-9-10-18(21(25)26)22-19(15)17/h3-10,12-13H,11H2,1-2H3,(H,23,24)(H,25,26). The van der Waals surface area contributed by atoms with E-state index in [0.717, 1.165) is 17.4 Å². The molecule has 2 aromatic carbocycles. The molecule has 26 heavy (non-hydrogen) atoms. The fraction of sp³-hybridized carbons (Fsp3) is 0.190. The smallest absolute Gasteiger partial charge is 0.354 e. The number of carboxylic acids is 1. The largest absolute Gasteiger partial charge is 0.477 e. The third-order valence-electron chi connectivity index (χ3n) is 4.02. The third-order valence-corrected chi connectivity index (χ3v) is 4.02. The van der Waals surface area contributed by atoms with Crippen molar-refractivity contribution in [3.8, 4) is 0 Å². The molecule has 1 aromatic heterocycles. The molecule has 132 valence electrons. The quantitative estimate of drug-likeness (QED) is 0.717. The van der Waals surface area contributed by atoms with Crippen LogP contribution in [0.25, 0.3) is 10.9 Å². The molecule has 2 N–H and O–H groups in total. The molecule has 0 aliphatic heterocycles. The fourth-order valence-corrected chi connectivity index (χ4v) is 2.87. The first-order chi connectivity index (χ1) is 12.4. The summed E-state index contributed by atoms with van der Waals surface area (Å²) in [5.41, 5.74) is 2.56. The number of nitrogens with one attached hydrogen (secondary N) is 1. The molecular formula is C21H20N2O3. The minimum atomic E-state index is -1.10. The number of hydrogen-bond acceptors (Lipinski definition) is 3. The van der Waals surface area contributed by atoms with Crippen LogP contribution in [0.2, 0.25) is 0 Å². The maximum absolute atomic E-state index is 12.7. The number of fused-ring (bicyclic) bond motifs is 1. The Balaban J connectivity index is 1.92. The minimum Gasteiger partial charge on any atom is -0.477 e. The first kappa shape index (κ1) is 17.6. The normalized spacial score (nSPS) is 10.9. The van der Waals surface area contributed by atoms with Crippen molar-refractivity contribution in [3.05, 3.63) is 71.4 Å². The molecule has 5 heteroatoms. The maximum atomic E-state index is 12.7. The molecule has 0 aliphatic rings. The van der Waals surface area contributed by atoms with Crippen LogP contribution < -0.4 is 5.32 Å². The Morgan fingerprint density at radius 1 is 1.08 bits per heavy atom. The SMILES string of the molecule is CC(C)Cc1cccc(C(=O)Nc2cccc3ccc(C(=O)O)nc23)c1. The molecule has 0 atom stereocenters. The summed E-state index contributed by atoms with van der Waals surface area (Å²) in [6.07, 6.45) is 0.902. The van der Waals surface area contributed by atoms with E-state index >= 15 is 0 Å². The van der Waals surface area contributed by atoms with Crippen LogP contribution in [0, 0.1) is 5.92 Å². The van der Waals surface area contributed by atoms with E-state index in [1.807, 2.05) is 24.3 Å². The van der Waals surface area contributed by atoms with E-state index < -0.39 is 5.97 Å². The number of carbonyl (C=O) groups is 2. The van der Waals surface area contributed by atoms with Crippen LogP contribution in [0.15, 0.2) is 54.6 Å². The van der Waals surface area contributed by atoms with Gasteiger partial charge in [-0.25, -0.2) is 9.78 Å². The van der Waals surface area contributed by atoms with Crippen LogP contribution in [0.3, 0.4) is 0 Å². The fourth-order valence-electron chi connectivity index (χ4n) is 2.87. The lowest BCUT2D eigenvalue weighted by atomic mass is 10.0. The molecule has 0 bridgehead atoms. The number of pyridine rings is 1. The molecule has 1 amide bonds. The first-order valence-corrected chi connectivity index (χ1v) is 8.47. The van der Waals surface area contributed by atoms with Crippen LogP contribution in [0.1, 0.15) is 40.3 Å². The molecule has 0 fully saturated rings.